The predicted molar refractivity (Wildman–Crippen MR) is 52.8 cm³/mol. The fourth-order valence-corrected chi connectivity index (χ4v) is 2.41. The maximum Gasteiger partial charge on any atom is 0.223 e. The molecule has 1 fully saturated rings. The van der Waals surface area contributed by atoms with Gasteiger partial charge in [0.2, 0.25) is 15.9 Å². The van der Waals surface area contributed by atoms with Crippen molar-refractivity contribution in [2.24, 2.45) is 17.0 Å². The van der Waals surface area contributed by atoms with Gasteiger partial charge in [0.05, 0.1) is 5.75 Å². The van der Waals surface area contributed by atoms with Crippen LogP contribution in [0, 0.1) is 11.8 Å². The highest BCUT2D eigenvalue weighted by Crippen LogP contribution is 2.39. The molecular weight excluding hydrogens is 204 g/mol. The van der Waals surface area contributed by atoms with Crippen LogP contribution in [0.4, 0.5) is 0 Å². The van der Waals surface area contributed by atoms with Gasteiger partial charge in [-0.2, -0.15) is 0 Å². The quantitative estimate of drug-likeness (QED) is 0.665. The Hall–Kier alpha value is -0.620. The molecule has 0 spiro atoms. The van der Waals surface area contributed by atoms with Gasteiger partial charge in [-0.15, -0.1) is 0 Å². The van der Waals surface area contributed by atoms with E-state index in [-0.39, 0.29) is 29.5 Å². The van der Waals surface area contributed by atoms with Crippen molar-refractivity contribution in [2.75, 3.05) is 5.75 Å². The molecule has 1 aliphatic carbocycles. The van der Waals surface area contributed by atoms with E-state index in [9.17, 15) is 13.2 Å². The zero-order valence-electron chi connectivity index (χ0n) is 8.36. The standard InChI is InChI=1S/C8H16N2O3S/c1-5(2)10-8(11)7-3-6(7)4-14(9,12)13/h5-7H,3-4H2,1-2H3,(H,10,11)(H2,9,12,13)/t6-,7+/m0/s1. The van der Waals surface area contributed by atoms with E-state index in [1.807, 2.05) is 13.8 Å². The number of nitrogens with one attached hydrogen (secondary N) is 1. The van der Waals surface area contributed by atoms with E-state index in [4.69, 9.17) is 5.14 Å². The largest absolute Gasteiger partial charge is 0.354 e. The Kier molecular flexibility index (Phi) is 3.16. The van der Waals surface area contributed by atoms with Crippen molar-refractivity contribution in [3.63, 3.8) is 0 Å². The summed E-state index contributed by atoms with van der Waals surface area (Å²) in [6, 6.07) is 0.0956. The smallest absolute Gasteiger partial charge is 0.223 e. The Bertz CT molecular complexity index is 323. The molecule has 5 nitrogen and oxygen atoms in total. The molecule has 3 N–H and O–H groups in total. The first-order valence-electron chi connectivity index (χ1n) is 4.60. The van der Waals surface area contributed by atoms with Crippen LogP contribution < -0.4 is 10.5 Å². The molecule has 0 aliphatic heterocycles. The van der Waals surface area contributed by atoms with Gasteiger partial charge in [0.25, 0.3) is 0 Å². The van der Waals surface area contributed by atoms with Gasteiger partial charge in [-0.1, -0.05) is 0 Å². The molecule has 0 bridgehead atoms. The summed E-state index contributed by atoms with van der Waals surface area (Å²) in [5, 5.41) is 7.63. The summed E-state index contributed by atoms with van der Waals surface area (Å²) in [5.41, 5.74) is 0. The van der Waals surface area contributed by atoms with E-state index in [1.165, 1.54) is 0 Å². The van der Waals surface area contributed by atoms with Crippen LogP contribution in [0.2, 0.25) is 0 Å². The molecule has 0 saturated heterocycles. The molecule has 0 aromatic carbocycles. The second kappa shape index (κ2) is 3.86. The number of hydrogen-bond acceptors (Lipinski definition) is 3. The summed E-state index contributed by atoms with van der Waals surface area (Å²) in [5.74, 6) is -0.378. The van der Waals surface area contributed by atoms with Crippen LogP contribution in [0.15, 0.2) is 0 Å². The highest BCUT2D eigenvalue weighted by atomic mass is 32.2. The first kappa shape index (κ1) is 11.5. The van der Waals surface area contributed by atoms with E-state index in [0.717, 1.165) is 0 Å². The molecule has 6 heteroatoms. The molecule has 0 aromatic heterocycles. The molecule has 0 unspecified atom stereocenters. The molecule has 1 amide bonds. The van der Waals surface area contributed by atoms with Gasteiger partial charge in [0, 0.05) is 12.0 Å². The molecule has 0 aromatic rings. The molecule has 0 heterocycles. The van der Waals surface area contributed by atoms with Crippen molar-refractivity contribution in [2.45, 2.75) is 26.3 Å². The predicted octanol–water partition coefficient (Wildman–Crippen LogP) is -0.564. The lowest BCUT2D eigenvalue weighted by Gasteiger charge is -2.07. The van der Waals surface area contributed by atoms with Gasteiger partial charge in [0.15, 0.2) is 0 Å². The molecule has 1 aliphatic rings. The molecule has 1 rings (SSSR count). The Balaban J connectivity index is 2.36. The third kappa shape index (κ3) is 3.63. The van der Waals surface area contributed by atoms with E-state index in [1.54, 1.807) is 0 Å². The number of primary sulfonamides is 1. The minimum Gasteiger partial charge on any atom is -0.354 e. The zero-order chi connectivity index (χ0) is 10.9. The Labute approximate surface area is 84.1 Å². The number of sulfonamides is 1. The van der Waals surface area contributed by atoms with Crippen LogP contribution in [0.3, 0.4) is 0 Å². The van der Waals surface area contributed by atoms with Gasteiger partial charge >= 0.3 is 0 Å². The maximum atomic E-state index is 11.4. The lowest BCUT2D eigenvalue weighted by molar-refractivity contribution is -0.123. The van der Waals surface area contributed by atoms with Gasteiger partial charge in [-0.3, -0.25) is 4.79 Å². The highest BCUT2D eigenvalue weighted by Gasteiger charge is 2.44. The van der Waals surface area contributed by atoms with Crippen molar-refractivity contribution in [3.8, 4) is 0 Å². The topological polar surface area (TPSA) is 89.3 Å². The Morgan fingerprint density at radius 2 is 2.14 bits per heavy atom. The number of nitrogens with two attached hydrogens (primary N) is 1. The van der Waals surface area contributed by atoms with Crippen molar-refractivity contribution in [1.29, 1.82) is 0 Å². The summed E-state index contributed by atoms with van der Waals surface area (Å²) >= 11 is 0. The summed E-state index contributed by atoms with van der Waals surface area (Å²) in [4.78, 5) is 11.4. The van der Waals surface area contributed by atoms with Crippen molar-refractivity contribution >= 4 is 15.9 Å². The third-order valence-corrected chi connectivity index (χ3v) is 3.03. The molecular formula is C8H16N2O3S. The monoisotopic (exact) mass is 220 g/mol. The first-order chi connectivity index (χ1) is 6.29. The lowest BCUT2D eigenvalue weighted by atomic mass is 10.3. The molecule has 0 radical (unpaired) electrons. The Morgan fingerprint density at radius 1 is 1.57 bits per heavy atom. The fraction of sp³-hybridized carbons (Fsp3) is 0.875. The summed E-state index contributed by atoms with van der Waals surface area (Å²) in [6.45, 7) is 3.74. The Morgan fingerprint density at radius 3 is 2.57 bits per heavy atom. The van der Waals surface area contributed by atoms with Crippen LogP contribution in [-0.4, -0.2) is 26.1 Å². The van der Waals surface area contributed by atoms with Crippen LogP contribution in [0.25, 0.3) is 0 Å². The number of carbonyl (C=O) groups excluding carboxylic acids is 1. The van der Waals surface area contributed by atoms with Gasteiger partial charge < -0.3 is 5.32 Å². The number of rotatable bonds is 4. The summed E-state index contributed by atoms with van der Waals surface area (Å²) < 4.78 is 21.4. The van der Waals surface area contributed by atoms with Crippen LogP contribution in [0.5, 0.6) is 0 Å². The average Bonchev–Trinajstić information content (AvgIpc) is 2.61. The van der Waals surface area contributed by atoms with E-state index < -0.39 is 10.0 Å². The van der Waals surface area contributed by atoms with Crippen molar-refractivity contribution < 1.29 is 13.2 Å². The first-order valence-corrected chi connectivity index (χ1v) is 6.32. The van der Waals surface area contributed by atoms with Gasteiger partial charge in [0.1, 0.15) is 0 Å². The second-order valence-electron chi connectivity index (χ2n) is 4.10. The minimum atomic E-state index is -3.44. The maximum absolute atomic E-state index is 11.4. The number of hydrogen-bond donors (Lipinski definition) is 2. The van der Waals surface area contributed by atoms with Gasteiger partial charge in [-0.25, -0.2) is 13.6 Å². The highest BCUT2D eigenvalue weighted by molar-refractivity contribution is 7.89. The molecule has 82 valence electrons. The van der Waals surface area contributed by atoms with Crippen LogP contribution in [-0.2, 0) is 14.8 Å². The average molecular weight is 220 g/mol. The lowest BCUT2D eigenvalue weighted by Crippen LogP contribution is -2.32. The SMILES string of the molecule is CC(C)NC(=O)[C@@H]1C[C@H]1CS(N)(=O)=O. The van der Waals surface area contributed by atoms with E-state index >= 15 is 0 Å². The molecule has 1 saturated carbocycles. The number of carbonyl (C=O) groups is 1. The fourth-order valence-electron chi connectivity index (χ4n) is 1.44. The summed E-state index contributed by atoms with van der Waals surface area (Å²) in [6.07, 6.45) is 0.634. The van der Waals surface area contributed by atoms with E-state index in [0.29, 0.717) is 6.42 Å². The minimum absolute atomic E-state index is 0.0614. The zero-order valence-corrected chi connectivity index (χ0v) is 9.17. The van der Waals surface area contributed by atoms with Crippen molar-refractivity contribution in [1.82, 2.24) is 5.32 Å². The van der Waals surface area contributed by atoms with Crippen LogP contribution >= 0.6 is 0 Å². The van der Waals surface area contributed by atoms with Gasteiger partial charge in [-0.05, 0) is 26.2 Å². The number of amides is 1. The van der Waals surface area contributed by atoms with E-state index in [2.05, 4.69) is 5.32 Å². The molecule has 2 atom stereocenters. The normalized spacial score (nSPS) is 26.3. The van der Waals surface area contributed by atoms with Crippen molar-refractivity contribution in [3.05, 3.63) is 0 Å². The van der Waals surface area contributed by atoms with Crippen LogP contribution in [0.1, 0.15) is 20.3 Å². The second-order valence-corrected chi connectivity index (χ2v) is 5.75. The third-order valence-electron chi connectivity index (χ3n) is 2.14. The summed E-state index contributed by atoms with van der Waals surface area (Å²) in [7, 11) is -3.44. The molecule has 14 heavy (non-hydrogen) atoms.